The third-order valence-corrected chi connectivity index (χ3v) is 5.09. The van der Waals surface area contributed by atoms with Gasteiger partial charge in [0.1, 0.15) is 6.04 Å². The minimum absolute atomic E-state index is 0.175. The second kappa shape index (κ2) is 7.38. The smallest absolute Gasteiger partial charge is 0.261 e. The summed E-state index contributed by atoms with van der Waals surface area (Å²) in [5.74, 6) is -0.386. The Balaban J connectivity index is 1.81. The van der Waals surface area contributed by atoms with Crippen molar-refractivity contribution in [2.45, 2.75) is 32.9 Å². The van der Waals surface area contributed by atoms with Crippen molar-refractivity contribution in [1.29, 1.82) is 0 Å². The Kier molecular flexibility index (Phi) is 5.52. The average Bonchev–Trinajstić information content (AvgIpc) is 3.15. The van der Waals surface area contributed by atoms with E-state index in [1.54, 1.807) is 24.3 Å². The summed E-state index contributed by atoms with van der Waals surface area (Å²) in [5.41, 5.74) is 0. The number of aryl methyl sites for hydroxylation is 1. The zero-order valence-electron chi connectivity index (χ0n) is 12.0. The van der Waals surface area contributed by atoms with Crippen LogP contribution < -0.4 is 10.6 Å². The highest BCUT2D eigenvalue weighted by molar-refractivity contribution is 7.12. The van der Waals surface area contributed by atoms with Crippen LogP contribution in [0.4, 0.5) is 0 Å². The molecule has 0 spiro atoms. The van der Waals surface area contributed by atoms with Crippen molar-refractivity contribution < 1.29 is 9.59 Å². The first-order valence-electron chi connectivity index (χ1n) is 6.79. The molecular weight excluding hydrogens is 304 g/mol. The molecule has 0 fully saturated rings. The van der Waals surface area contributed by atoms with Crippen LogP contribution in [0.5, 0.6) is 0 Å². The Labute approximate surface area is 132 Å². The molecule has 2 heterocycles. The van der Waals surface area contributed by atoms with Crippen molar-refractivity contribution in [2.75, 3.05) is 0 Å². The van der Waals surface area contributed by atoms with Crippen LogP contribution in [0.15, 0.2) is 29.6 Å². The van der Waals surface area contributed by atoms with E-state index in [4.69, 9.17) is 0 Å². The van der Waals surface area contributed by atoms with E-state index in [9.17, 15) is 9.59 Å². The summed E-state index contributed by atoms with van der Waals surface area (Å²) >= 11 is 3.06. The fraction of sp³-hybridized carbons (Fsp3) is 0.333. The lowest BCUT2D eigenvalue weighted by atomic mass is 10.3. The highest BCUT2D eigenvalue weighted by Gasteiger charge is 2.16. The van der Waals surface area contributed by atoms with Crippen LogP contribution in [-0.4, -0.2) is 17.9 Å². The number of rotatable bonds is 6. The van der Waals surface area contributed by atoms with Gasteiger partial charge in [-0.25, -0.2) is 0 Å². The summed E-state index contributed by atoms with van der Waals surface area (Å²) in [4.78, 5) is 26.9. The second-order valence-electron chi connectivity index (χ2n) is 4.61. The zero-order valence-corrected chi connectivity index (χ0v) is 13.6. The molecule has 2 aromatic rings. The van der Waals surface area contributed by atoms with Crippen LogP contribution in [0.25, 0.3) is 0 Å². The van der Waals surface area contributed by atoms with Gasteiger partial charge in [-0.05, 0) is 36.9 Å². The maximum Gasteiger partial charge on any atom is 0.261 e. The van der Waals surface area contributed by atoms with Gasteiger partial charge in [-0.1, -0.05) is 13.0 Å². The van der Waals surface area contributed by atoms with E-state index in [1.165, 1.54) is 16.2 Å². The molecule has 2 amide bonds. The lowest BCUT2D eigenvalue weighted by Gasteiger charge is -2.13. The molecule has 0 aliphatic carbocycles. The molecule has 4 nitrogen and oxygen atoms in total. The Morgan fingerprint density at radius 1 is 1.24 bits per heavy atom. The summed E-state index contributed by atoms with van der Waals surface area (Å²) < 4.78 is 0. The Hall–Kier alpha value is -1.66. The molecule has 2 rings (SSSR count). The molecule has 0 aliphatic rings. The SMILES string of the molecule is CCc1ccc(CNC(=O)C(C)NC(=O)c2cccs2)s1. The Morgan fingerprint density at radius 2 is 2.00 bits per heavy atom. The monoisotopic (exact) mass is 322 g/mol. The number of carbonyl (C=O) groups is 2. The van der Waals surface area contributed by atoms with Gasteiger partial charge in [-0.2, -0.15) is 0 Å². The van der Waals surface area contributed by atoms with Gasteiger partial charge in [-0.15, -0.1) is 22.7 Å². The van der Waals surface area contributed by atoms with Crippen LogP contribution in [-0.2, 0) is 17.8 Å². The van der Waals surface area contributed by atoms with Gasteiger partial charge in [0.05, 0.1) is 11.4 Å². The molecule has 1 unspecified atom stereocenters. The van der Waals surface area contributed by atoms with Gasteiger partial charge < -0.3 is 10.6 Å². The molecule has 0 saturated heterocycles. The summed E-state index contributed by atoms with van der Waals surface area (Å²) in [6, 6.07) is 7.10. The van der Waals surface area contributed by atoms with Crippen LogP contribution in [0.2, 0.25) is 0 Å². The normalized spacial score (nSPS) is 11.9. The number of hydrogen-bond acceptors (Lipinski definition) is 4. The van der Waals surface area contributed by atoms with Crippen molar-refractivity contribution in [2.24, 2.45) is 0 Å². The number of hydrogen-bond donors (Lipinski definition) is 2. The fourth-order valence-corrected chi connectivity index (χ4v) is 3.30. The number of carbonyl (C=O) groups excluding carboxylic acids is 2. The molecule has 6 heteroatoms. The molecular formula is C15H18N2O2S2. The minimum atomic E-state index is -0.551. The number of amides is 2. The summed E-state index contributed by atoms with van der Waals surface area (Å²) in [6.07, 6.45) is 1.01. The molecule has 1 atom stereocenters. The van der Waals surface area contributed by atoms with Gasteiger partial charge in [0.25, 0.3) is 5.91 Å². The molecule has 0 saturated carbocycles. The predicted molar refractivity (Wildman–Crippen MR) is 86.8 cm³/mol. The standard InChI is InChI=1S/C15H18N2O2S2/c1-3-11-6-7-12(21-11)9-16-14(18)10(2)17-15(19)13-5-4-8-20-13/h4-8,10H,3,9H2,1-2H3,(H,16,18)(H,17,19). The lowest BCUT2D eigenvalue weighted by Crippen LogP contribution is -2.44. The molecule has 0 aromatic carbocycles. The predicted octanol–water partition coefficient (Wildman–Crippen LogP) is 2.81. The van der Waals surface area contributed by atoms with E-state index in [0.29, 0.717) is 11.4 Å². The van der Waals surface area contributed by atoms with Crippen molar-refractivity contribution >= 4 is 34.5 Å². The topological polar surface area (TPSA) is 58.2 Å². The van der Waals surface area contributed by atoms with Gasteiger partial charge >= 0.3 is 0 Å². The van der Waals surface area contributed by atoms with Crippen molar-refractivity contribution in [3.63, 3.8) is 0 Å². The molecule has 2 aromatic heterocycles. The van der Waals surface area contributed by atoms with Crippen molar-refractivity contribution in [1.82, 2.24) is 10.6 Å². The third-order valence-electron chi connectivity index (χ3n) is 2.99. The van der Waals surface area contributed by atoms with E-state index in [1.807, 2.05) is 17.5 Å². The summed E-state index contributed by atoms with van der Waals surface area (Å²) in [6.45, 7) is 4.30. The minimum Gasteiger partial charge on any atom is -0.349 e. The highest BCUT2D eigenvalue weighted by atomic mass is 32.1. The third kappa shape index (κ3) is 4.41. The van der Waals surface area contributed by atoms with Crippen molar-refractivity contribution in [3.05, 3.63) is 44.3 Å². The van der Waals surface area contributed by atoms with E-state index >= 15 is 0 Å². The number of nitrogens with one attached hydrogen (secondary N) is 2. The molecule has 0 radical (unpaired) electrons. The first-order valence-corrected chi connectivity index (χ1v) is 8.49. The molecule has 0 aliphatic heterocycles. The van der Waals surface area contributed by atoms with Crippen LogP contribution in [0, 0.1) is 0 Å². The van der Waals surface area contributed by atoms with Gasteiger partial charge in [0.2, 0.25) is 5.91 Å². The molecule has 112 valence electrons. The summed E-state index contributed by atoms with van der Waals surface area (Å²) in [5, 5.41) is 7.38. The molecule has 21 heavy (non-hydrogen) atoms. The average molecular weight is 322 g/mol. The fourth-order valence-electron chi connectivity index (χ4n) is 1.78. The van der Waals surface area contributed by atoms with Crippen LogP contribution in [0.3, 0.4) is 0 Å². The van der Waals surface area contributed by atoms with E-state index < -0.39 is 6.04 Å². The summed E-state index contributed by atoms with van der Waals surface area (Å²) in [7, 11) is 0. The van der Waals surface area contributed by atoms with Gasteiger partial charge in [0, 0.05) is 9.75 Å². The van der Waals surface area contributed by atoms with Gasteiger partial charge in [-0.3, -0.25) is 9.59 Å². The molecule has 0 bridgehead atoms. The first-order chi connectivity index (χ1) is 10.1. The first kappa shape index (κ1) is 15.7. The van der Waals surface area contributed by atoms with Crippen LogP contribution >= 0.6 is 22.7 Å². The lowest BCUT2D eigenvalue weighted by molar-refractivity contribution is -0.122. The largest absolute Gasteiger partial charge is 0.349 e. The highest BCUT2D eigenvalue weighted by Crippen LogP contribution is 2.16. The number of thiophene rings is 2. The Bertz CT molecular complexity index is 605. The molecule has 2 N–H and O–H groups in total. The van der Waals surface area contributed by atoms with Crippen LogP contribution in [0.1, 0.15) is 33.3 Å². The van der Waals surface area contributed by atoms with E-state index in [2.05, 4.69) is 23.6 Å². The maximum absolute atomic E-state index is 12.0. The quantitative estimate of drug-likeness (QED) is 0.859. The maximum atomic E-state index is 12.0. The van der Waals surface area contributed by atoms with E-state index in [-0.39, 0.29) is 11.8 Å². The second-order valence-corrected chi connectivity index (χ2v) is 6.81. The van der Waals surface area contributed by atoms with E-state index in [0.717, 1.165) is 11.3 Å². The Morgan fingerprint density at radius 3 is 2.62 bits per heavy atom. The zero-order chi connectivity index (χ0) is 15.2. The van der Waals surface area contributed by atoms with Gasteiger partial charge in [0.15, 0.2) is 0 Å². The van der Waals surface area contributed by atoms with Crippen molar-refractivity contribution in [3.8, 4) is 0 Å².